The van der Waals surface area contributed by atoms with Crippen molar-refractivity contribution in [1.82, 2.24) is 0 Å². The molecular weight excluding hydrogens is 248 g/mol. The highest BCUT2D eigenvalue weighted by Gasteiger charge is 2.09. The number of aldehydes is 1. The van der Waals surface area contributed by atoms with E-state index in [4.69, 9.17) is 9.47 Å². The lowest BCUT2D eigenvalue weighted by atomic mass is 10.1. The van der Waals surface area contributed by atoms with Crippen molar-refractivity contribution < 1.29 is 14.3 Å². The molecule has 1 atom stereocenters. The van der Waals surface area contributed by atoms with Crippen LogP contribution in [-0.2, 0) is 4.79 Å². The van der Waals surface area contributed by atoms with Crippen molar-refractivity contribution in [3.63, 3.8) is 0 Å². The molecule has 1 aromatic carbocycles. The zero-order valence-electron chi connectivity index (χ0n) is 7.99. The Morgan fingerprint density at radius 1 is 1.21 bits per heavy atom. The van der Waals surface area contributed by atoms with Crippen molar-refractivity contribution in [3.05, 3.63) is 23.8 Å². The first-order chi connectivity index (χ1) is 6.71. The Morgan fingerprint density at radius 3 is 2.07 bits per heavy atom. The van der Waals surface area contributed by atoms with Crippen LogP contribution in [0.3, 0.4) is 0 Å². The first-order valence-electron chi connectivity index (χ1n) is 4.03. The lowest BCUT2D eigenvalue weighted by Gasteiger charge is -2.08. The molecule has 1 unspecified atom stereocenters. The number of carbonyl (C=O) groups excluding carboxylic acids is 1. The van der Waals surface area contributed by atoms with E-state index in [0.717, 1.165) is 11.8 Å². The maximum Gasteiger partial charge on any atom is 0.138 e. The van der Waals surface area contributed by atoms with E-state index in [2.05, 4.69) is 15.9 Å². The molecule has 0 bridgehead atoms. The second-order valence-corrected chi connectivity index (χ2v) is 3.67. The van der Waals surface area contributed by atoms with Gasteiger partial charge in [-0.25, -0.2) is 0 Å². The average Bonchev–Trinajstić information content (AvgIpc) is 2.27. The molecule has 0 spiro atoms. The van der Waals surface area contributed by atoms with Gasteiger partial charge in [0, 0.05) is 6.07 Å². The molecule has 76 valence electrons. The molecule has 0 aliphatic heterocycles. The van der Waals surface area contributed by atoms with Crippen LogP contribution in [0.2, 0.25) is 0 Å². The lowest BCUT2D eigenvalue weighted by Crippen LogP contribution is -1.94. The first-order valence-corrected chi connectivity index (χ1v) is 4.95. The van der Waals surface area contributed by atoms with Crippen molar-refractivity contribution >= 4 is 22.2 Å². The van der Waals surface area contributed by atoms with Gasteiger partial charge in [-0.1, -0.05) is 15.9 Å². The summed E-state index contributed by atoms with van der Waals surface area (Å²) in [7, 11) is 3.14. The van der Waals surface area contributed by atoms with Crippen LogP contribution < -0.4 is 9.47 Å². The number of halogens is 1. The van der Waals surface area contributed by atoms with Gasteiger partial charge in [0.15, 0.2) is 0 Å². The molecule has 0 saturated carbocycles. The molecule has 1 aromatic rings. The van der Waals surface area contributed by atoms with E-state index < -0.39 is 0 Å². The number of methoxy groups -OCH3 is 2. The van der Waals surface area contributed by atoms with Crippen LogP contribution in [0.5, 0.6) is 11.5 Å². The molecule has 0 aliphatic rings. The largest absolute Gasteiger partial charge is 0.497 e. The molecule has 0 radical (unpaired) electrons. The molecule has 3 nitrogen and oxygen atoms in total. The number of carbonyl (C=O) groups is 1. The van der Waals surface area contributed by atoms with Gasteiger partial charge < -0.3 is 14.3 Å². The second-order valence-electron chi connectivity index (χ2n) is 2.68. The van der Waals surface area contributed by atoms with E-state index in [1.807, 2.05) is 0 Å². The Kier molecular flexibility index (Phi) is 3.95. The number of benzene rings is 1. The minimum absolute atomic E-state index is 0.327. The molecule has 4 heteroatoms. The van der Waals surface area contributed by atoms with Gasteiger partial charge in [0.1, 0.15) is 17.8 Å². The number of rotatable bonds is 4. The highest BCUT2D eigenvalue weighted by molar-refractivity contribution is 9.09. The average molecular weight is 259 g/mol. The van der Waals surface area contributed by atoms with E-state index in [9.17, 15) is 4.79 Å². The fourth-order valence-electron chi connectivity index (χ4n) is 1.07. The Hall–Kier alpha value is -1.03. The molecule has 0 amide bonds. The van der Waals surface area contributed by atoms with Gasteiger partial charge in [-0.2, -0.15) is 0 Å². The summed E-state index contributed by atoms with van der Waals surface area (Å²) in [6.45, 7) is 0. The first kappa shape index (κ1) is 11.0. The van der Waals surface area contributed by atoms with Gasteiger partial charge in [-0.3, -0.25) is 0 Å². The van der Waals surface area contributed by atoms with Crippen molar-refractivity contribution in [1.29, 1.82) is 0 Å². The zero-order valence-corrected chi connectivity index (χ0v) is 9.58. The smallest absolute Gasteiger partial charge is 0.138 e. The van der Waals surface area contributed by atoms with Crippen molar-refractivity contribution in [2.45, 2.75) is 4.83 Å². The second kappa shape index (κ2) is 5.00. The Labute approximate surface area is 91.1 Å². The predicted octanol–water partition coefficient (Wildman–Crippen LogP) is 2.34. The summed E-state index contributed by atoms with van der Waals surface area (Å²) in [6, 6.07) is 5.33. The van der Waals surface area contributed by atoms with E-state index in [1.54, 1.807) is 32.4 Å². The minimum atomic E-state index is -0.327. The molecule has 1 rings (SSSR count). The third kappa shape index (κ3) is 2.48. The monoisotopic (exact) mass is 258 g/mol. The third-order valence-electron chi connectivity index (χ3n) is 1.81. The summed E-state index contributed by atoms with van der Waals surface area (Å²) in [5.41, 5.74) is 0.816. The summed E-state index contributed by atoms with van der Waals surface area (Å²) < 4.78 is 10.2. The number of alkyl halides is 1. The number of ether oxygens (including phenoxy) is 2. The molecular formula is C10H11BrO3. The number of hydrogen-bond acceptors (Lipinski definition) is 3. The van der Waals surface area contributed by atoms with Gasteiger partial charge >= 0.3 is 0 Å². The maximum atomic E-state index is 10.6. The molecule has 0 fully saturated rings. The van der Waals surface area contributed by atoms with Gasteiger partial charge in [0.2, 0.25) is 0 Å². The van der Waals surface area contributed by atoms with E-state index in [-0.39, 0.29) is 4.83 Å². The van der Waals surface area contributed by atoms with Crippen molar-refractivity contribution in [2.75, 3.05) is 14.2 Å². The number of hydrogen-bond donors (Lipinski definition) is 0. The van der Waals surface area contributed by atoms with Crippen LogP contribution in [-0.4, -0.2) is 20.5 Å². The predicted molar refractivity (Wildman–Crippen MR) is 57.3 cm³/mol. The highest BCUT2D eigenvalue weighted by atomic mass is 79.9. The van der Waals surface area contributed by atoms with Crippen molar-refractivity contribution in [3.8, 4) is 11.5 Å². The van der Waals surface area contributed by atoms with E-state index >= 15 is 0 Å². The van der Waals surface area contributed by atoms with Crippen LogP contribution in [0.1, 0.15) is 10.4 Å². The molecule has 0 heterocycles. The maximum absolute atomic E-state index is 10.6. The van der Waals surface area contributed by atoms with Crippen LogP contribution in [0, 0.1) is 0 Å². The lowest BCUT2D eigenvalue weighted by molar-refractivity contribution is -0.107. The minimum Gasteiger partial charge on any atom is -0.497 e. The Balaban J connectivity index is 3.09. The Bertz CT molecular complexity index is 303. The van der Waals surface area contributed by atoms with Crippen LogP contribution >= 0.6 is 15.9 Å². The van der Waals surface area contributed by atoms with Crippen LogP contribution in [0.15, 0.2) is 18.2 Å². The van der Waals surface area contributed by atoms with Crippen LogP contribution in [0.25, 0.3) is 0 Å². The van der Waals surface area contributed by atoms with Gasteiger partial charge in [-0.15, -0.1) is 0 Å². The van der Waals surface area contributed by atoms with Gasteiger partial charge in [-0.05, 0) is 17.7 Å². The highest BCUT2D eigenvalue weighted by Crippen LogP contribution is 2.29. The van der Waals surface area contributed by atoms with Crippen molar-refractivity contribution in [2.24, 2.45) is 0 Å². The summed E-state index contributed by atoms with van der Waals surface area (Å²) in [5, 5.41) is 0. The topological polar surface area (TPSA) is 35.5 Å². The zero-order chi connectivity index (χ0) is 10.6. The molecule has 0 N–H and O–H groups in total. The summed E-state index contributed by atoms with van der Waals surface area (Å²) in [6.07, 6.45) is 0.814. The van der Waals surface area contributed by atoms with Gasteiger partial charge in [0.05, 0.1) is 19.0 Å². The SMILES string of the molecule is COc1cc(OC)cc(C(Br)C=O)c1. The quantitative estimate of drug-likeness (QED) is 0.615. The third-order valence-corrected chi connectivity index (χ3v) is 2.56. The van der Waals surface area contributed by atoms with E-state index in [0.29, 0.717) is 11.5 Å². The summed E-state index contributed by atoms with van der Waals surface area (Å²) in [5.74, 6) is 1.34. The summed E-state index contributed by atoms with van der Waals surface area (Å²) >= 11 is 3.23. The summed E-state index contributed by atoms with van der Waals surface area (Å²) in [4.78, 5) is 10.2. The van der Waals surface area contributed by atoms with Crippen LogP contribution in [0.4, 0.5) is 0 Å². The Morgan fingerprint density at radius 2 is 1.71 bits per heavy atom. The van der Waals surface area contributed by atoms with E-state index in [1.165, 1.54) is 0 Å². The molecule has 14 heavy (non-hydrogen) atoms. The molecule has 0 aliphatic carbocycles. The molecule has 0 aromatic heterocycles. The molecule has 0 saturated heterocycles. The van der Waals surface area contributed by atoms with Gasteiger partial charge in [0.25, 0.3) is 0 Å². The standard InChI is InChI=1S/C10H11BrO3/c1-13-8-3-7(10(11)6-12)4-9(5-8)14-2/h3-6,10H,1-2H3. The fourth-order valence-corrected chi connectivity index (χ4v) is 1.33. The fraction of sp³-hybridized carbons (Fsp3) is 0.300. The normalized spacial score (nSPS) is 11.9.